The van der Waals surface area contributed by atoms with Crippen molar-refractivity contribution in [2.75, 3.05) is 72.7 Å². The van der Waals surface area contributed by atoms with Crippen LogP contribution in [0.5, 0.6) is 0 Å². The molecule has 422 valence electrons. The highest BCUT2D eigenvalue weighted by Crippen LogP contribution is 2.48. The number of hydrogen-bond acceptors (Lipinski definition) is 36. The Morgan fingerprint density at radius 3 is 0.875 bits per heavy atom. The Morgan fingerprint density at radius 1 is 0.306 bits per heavy atom. The maximum Gasteiger partial charge on any atom is 0.224 e. The van der Waals surface area contributed by atoms with E-state index in [0.717, 1.165) is 0 Å². The van der Waals surface area contributed by atoms with Gasteiger partial charge in [-0.1, -0.05) is 0 Å². The molecule has 0 aromatic heterocycles. The first kappa shape index (κ1) is 59.8. The molecule has 25 N–H and O–H groups in total. The first-order chi connectivity index (χ1) is 33.3. The monoisotopic (exact) mass is 1070 g/mol. The van der Waals surface area contributed by atoms with Crippen LogP contribution in [0, 0.1) is 0 Å². The van der Waals surface area contributed by atoms with Crippen LogP contribution >= 0.6 is 0 Å². The van der Waals surface area contributed by atoms with E-state index in [9.17, 15) is 128 Å². The molecule has 6 aliphatic rings. The van der Waals surface area contributed by atoms with Crippen LogP contribution < -0.4 is 0 Å². The molecule has 6 heterocycles. The molecule has 6 rings (SSSR count). The minimum Gasteiger partial charge on any atom is -0.394 e. The summed E-state index contributed by atoms with van der Waals surface area (Å²) in [6.45, 7) is -17.3. The van der Waals surface area contributed by atoms with E-state index in [2.05, 4.69) is 0 Å². The molecule has 0 unspecified atom stereocenters. The molecule has 0 saturated carbocycles. The minimum atomic E-state index is -3.45. The molecule has 36 nitrogen and oxygen atoms in total. The summed E-state index contributed by atoms with van der Waals surface area (Å²) in [6.07, 6.45) is -36.8. The zero-order valence-corrected chi connectivity index (χ0v) is 37.1. The van der Waals surface area contributed by atoms with E-state index in [-0.39, 0.29) is 0 Å². The first-order valence-corrected chi connectivity index (χ1v) is 21.4. The van der Waals surface area contributed by atoms with Crippen LogP contribution in [0.15, 0.2) is 0 Å². The second-order valence-electron chi connectivity index (χ2n) is 18.2. The van der Waals surface area contributed by atoms with Gasteiger partial charge in [0.1, 0.15) is 118 Å². The normalized spacial score (nSPS) is 54.9. The van der Waals surface area contributed by atoms with Crippen molar-refractivity contribution in [1.82, 2.24) is 0 Å². The van der Waals surface area contributed by atoms with Gasteiger partial charge in [-0.2, -0.15) is 0 Å². The second-order valence-corrected chi connectivity index (χ2v) is 18.2. The molecule has 0 aliphatic carbocycles. The predicted molar refractivity (Wildman–Crippen MR) is 205 cm³/mol. The van der Waals surface area contributed by atoms with Gasteiger partial charge in [0.05, 0.1) is 39.6 Å². The van der Waals surface area contributed by atoms with Crippen LogP contribution in [0.3, 0.4) is 0 Å². The van der Waals surface area contributed by atoms with Gasteiger partial charge in [-0.25, -0.2) is 0 Å². The summed E-state index contributed by atoms with van der Waals surface area (Å²) in [5.74, 6) is -33.0. The molecule has 0 aromatic carbocycles. The summed E-state index contributed by atoms with van der Waals surface area (Å²) in [7, 11) is 0. The highest BCUT2D eigenvalue weighted by atomic mass is 16.9. The Labute approximate surface area is 402 Å². The Hall–Kier alpha value is -1.44. The van der Waals surface area contributed by atoms with Gasteiger partial charge in [-0.3, -0.25) is 0 Å². The van der Waals surface area contributed by atoms with E-state index in [1.54, 1.807) is 0 Å². The number of ether oxygens (including phenoxy) is 11. The third-order valence-corrected chi connectivity index (χ3v) is 13.3. The summed E-state index contributed by atoms with van der Waals surface area (Å²) in [4.78, 5) is 0. The average molecular weight is 1070 g/mol. The fourth-order valence-electron chi connectivity index (χ4n) is 8.68. The van der Waals surface area contributed by atoms with Crippen molar-refractivity contribution in [1.29, 1.82) is 0 Å². The molecule has 0 radical (unpaired) electrons. The SMILES string of the molecule is OC[C@H]1O[C@H](OC[C@@]2(OC[C@@]3(OC[C@@]4(OC[C@@]5(OC[C@@]6(O)O[C@](O)(CO)[C@@H](O)[C@@H]6O)O[C@](O)(CO)[C@@H](O)[C@@H]5O)O[C@](O)(CO)[C@@H](O)[C@@H]4O)O[C@](O)(CO)[C@@H](O)[C@@H]3O)O[C@](O)(CO)[C@@H](O)[C@@H]2O)[C@H](O)[C@@H](O)[C@@H]1O. The van der Waals surface area contributed by atoms with Gasteiger partial charge in [0.25, 0.3) is 0 Å². The fourth-order valence-corrected chi connectivity index (χ4v) is 8.68. The first-order valence-electron chi connectivity index (χ1n) is 21.4. The highest BCUT2D eigenvalue weighted by Gasteiger charge is 2.72. The van der Waals surface area contributed by atoms with Gasteiger partial charge in [-0.05, 0) is 0 Å². The summed E-state index contributed by atoms with van der Waals surface area (Å²) in [5.41, 5.74) is 0. The predicted octanol–water partition coefficient (Wildman–Crippen LogP) is -17.5. The molecule has 6 saturated heterocycles. The lowest BCUT2D eigenvalue weighted by Gasteiger charge is -2.43. The summed E-state index contributed by atoms with van der Waals surface area (Å²) in [6, 6.07) is 0. The Morgan fingerprint density at radius 2 is 0.583 bits per heavy atom. The standard InChI is InChI=1S/C36H62O36/c37-1-12-13(43)14(44)15(45)26(67-12)62-8-33(22(52)18(48)28(57,3-39)69-33)64-10-35(24(54)20(50)30(59,5-41)71-35)66-11-36(25(55)21(51)31(60,6-42)72-36)65-9-34(23(53)19(49)29(58,4-40)70-34)63-7-32(61)17(47)16(46)27(56,2-38)68-32/h12-26,37-61H,1-11H2/t12-,13-,14+,15-,16+,17+,18+,19+,20+,21+,22+,23+,24+,25+,26+,27-,28-,29-,30-,31-,32-,33-,34-,35-,36-/m1/s1. The molecular formula is C36H62O36. The van der Waals surface area contributed by atoms with Crippen molar-refractivity contribution < 1.29 is 180 Å². The van der Waals surface area contributed by atoms with Crippen LogP contribution in [0.4, 0.5) is 0 Å². The van der Waals surface area contributed by atoms with E-state index in [4.69, 9.17) is 52.1 Å². The van der Waals surface area contributed by atoms with E-state index < -0.39 is 222 Å². The number of aliphatic hydroxyl groups is 25. The molecule has 0 spiro atoms. The maximum atomic E-state index is 11.5. The molecule has 72 heavy (non-hydrogen) atoms. The second kappa shape index (κ2) is 20.7. The molecule has 0 bridgehead atoms. The zero-order valence-electron chi connectivity index (χ0n) is 37.1. The lowest BCUT2D eigenvalue weighted by atomic mass is 9.99. The lowest BCUT2D eigenvalue weighted by Crippen LogP contribution is -2.61. The van der Waals surface area contributed by atoms with Crippen LogP contribution in [-0.2, 0) is 52.1 Å². The minimum absolute atomic E-state index is 0.991. The van der Waals surface area contributed by atoms with Gasteiger partial charge in [0.2, 0.25) is 57.9 Å². The molecule has 6 aliphatic heterocycles. The zero-order chi connectivity index (χ0) is 54.2. The van der Waals surface area contributed by atoms with Gasteiger partial charge >= 0.3 is 0 Å². The Bertz CT molecular complexity index is 1850. The molecule has 0 aromatic rings. The van der Waals surface area contributed by atoms with Gasteiger partial charge in [0, 0.05) is 0 Å². The summed E-state index contributed by atoms with van der Waals surface area (Å²) in [5, 5.41) is 265. The number of aliphatic hydroxyl groups excluding tert-OH is 19. The number of hydrogen-bond donors (Lipinski definition) is 25. The number of rotatable bonds is 21. The third-order valence-electron chi connectivity index (χ3n) is 13.3. The molecule has 0 amide bonds. The van der Waals surface area contributed by atoms with Gasteiger partial charge in [-0.15, -0.1) is 0 Å². The fraction of sp³-hybridized carbons (Fsp3) is 1.00. The van der Waals surface area contributed by atoms with Crippen LogP contribution in [-0.4, -0.2) is 350 Å². The van der Waals surface area contributed by atoms with Crippen molar-refractivity contribution in [3.8, 4) is 0 Å². The quantitative estimate of drug-likeness (QED) is 0.0507. The van der Waals surface area contributed by atoms with Crippen molar-refractivity contribution in [3.63, 3.8) is 0 Å². The molecule has 36 heteroatoms. The van der Waals surface area contributed by atoms with Gasteiger partial charge < -0.3 is 180 Å². The highest BCUT2D eigenvalue weighted by molar-refractivity contribution is 5.08. The molecular weight excluding hydrogens is 1010 g/mol. The Balaban J connectivity index is 1.37. The van der Waals surface area contributed by atoms with E-state index in [0.29, 0.717) is 0 Å². The molecule has 6 fully saturated rings. The largest absolute Gasteiger partial charge is 0.394 e. The molecule has 25 atom stereocenters. The van der Waals surface area contributed by atoms with Gasteiger partial charge in [0.15, 0.2) is 6.29 Å². The summed E-state index contributed by atoms with van der Waals surface area (Å²) < 4.78 is 59.2. The topological polar surface area (TPSA) is 607 Å². The van der Waals surface area contributed by atoms with E-state index in [1.165, 1.54) is 0 Å². The van der Waals surface area contributed by atoms with Crippen molar-refractivity contribution in [2.45, 2.75) is 150 Å². The third kappa shape index (κ3) is 9.71. The lowest BCUT2D eigenvalue weighted by molar-refractivity contribution is -0.420. The summed E-state index contributed by atoms with van der Waals surface area (Å²) >= 11 is 0. The van der Waals surface area contributed by atoms with Crippen LogP contribution in [0.2, 0.25) is 0 Å². The van der Waals surface area contributed by atoms with Crippen molar-refractivity contribution in [2.24, 2.45) is 0 Å². The van der Waals surface area contributed by atoms with E-state index >= 15 is 0 Å². The smallest absolute Gasteiger partial charge is 0.224 e. The van der Waals surface area contributed by atoms with Crippen LogP contribution in [0.1, 0.15) is 0 Å². The average Bonchev–Trinajstić information content (AvgIpc) is 3.92. The van der Waals surface area contributed by atoms with Crippen LogP contribution in [0.25, 0.3) is 0 Å². The maximum absolute atomic E-state index is 11.5. The van der Waals surface area contributed by atoms with Crippen molar-refractivity contribution in [3.05, 3.63) is 0 Å². The van der Waals surface area contributed by atoms with E-state index in [1.807, 2.05) is 0 Å². The van der Waals surface area contributed by atoms with Crippen molar-refractivity contribution >= 4 is 0 Å². The Kier molecular flexibility index (Phi) is 17.2.